The summed E-state index contributed by atoms with van der Waals surface area (Å²) in [4.78, 5) is 5.23. The van der Waals surface area contributed by atoms with Crippen LogP contribution in [-0.2, 0) is 0 Å². The lowest BCUT2D eigenvalue weighted by molar-refractivity contribution is 0.574. The second-order valence-corrected chi connectivity index (χ2v) is 12.4. The Kier molecular flexibility index (Phi) is 5.05. The van der Waals surface area contributed by atoms with Gasteiger partial charge in [0.05, 0.1) is 27.5 Å². The van der Waals surface area contributed by atoms with Crippen molar-refractivity contribution in [3.8, 4) is 22.8 Å². The maximum atomic E-state index is 6.74. The van der Waals surface area contributed by atoms with Gasteiger partial charge < -0.3 is 13.4 Å². The number of furan rings is 1. The third-order valence-electron chi connectivity index (χ3n) is 9.76. The molecule has 0 atom stereocenters. The van der Waals surface area contributed by atoms with Gasteiger partial charge >= 0.3 is 6.01 Å². The molecular weight excluding hydrogens is 590 g/mol. The summed E-state index contributed by atoms with van der Waals surface area (Å²) in [6.07, 6.45) is 0. The van der Waals surface area contributed by atoms with Crippen LogP contribution in [0.25, 0.3) is 99.5 Å². The number of para-hydroxylation sites is 4. The Hall–Kier alpha value is -6.59. The summed E-state index contributed by atoms with van der Waals surface area (Å²) in [6, 6.07) is 53.5. The SMILES string of the molecule is c1ccc(-c2cc3oc(-n4c5ccccc5c5cc(-n6c7ccccc7c7ccccc76)ccc54)nc3c3c2oc2ccccc23)cc1. The molecular formula is C43H25N3O2. The Morgan fingerprint density at radius 3 is 1.75 bits per heavy atom. The van der Waals surface area contributed by atoms with E-state index in [0.717, 1.165) is 71.7 Å². The number of hydrogen-bond acceptors (Lipinski definition) is 3. The van der Waals surface area contributed by atoms with Crippen LogP contribution in [0.1, 0.15) is 0 Å². The minimum atomic E-state index is 0.526. The van der Waals surface area contributed by atoms with E-state index >= 15 is 0 Å². The molecule has 4 aromatic heterocycles. The first kappa shape index (κ1) is 25.6. The van der Waals surface area contributed by atoms with Crippen molar-refractivity contribution in [1.29, 1.82) is 0 Å². The summed E-state index contributed by atoms with van der Waals surface area (Å²) >= 11 is 0. The van der Waals surface area contributed by atoms with Crippen LogP contribution < -0.4 is 0 Å². The highest BCUT2D eigenvalue weighted by Crippen LogP contribution is 2.42. The molecule has 0 unspecified atom stereocenters. The fourth-order valence-electron chi connectivity index (χ4n) is 7.70. The van der Waals surface area contributed by atoms with Gasteiger partial charge in [0.2, 0.25) is 0 Å². The van der Waals surface area contributed by atoms with Crippen LogP contribution in [0.4, 0.5) is 0 Å². The second-order valence-electron chi connectivity index (χ2n) is 12.4. The number of rotatable bonds is 3. The van der Waals surface area contributed by atoms with E-state index in [1.54, 1.807) is 0 Å². The van der Waals surface area contributed by atoms with Crippen molar-refractivity contribution < 1.29 is 8.83 Å². The Balaban J connectivity index is 1.20. The lowest BCUT2D eigenvalue weighted by atomic mass is 10.0. The first-order chi connectivity index (χ1) is 23.8. The van der Waals surface area contributed by atoms with E-state index in [0.29, 0.717) is 6.01 Å². The molecule has 0 aliphatic rings. The van der Waals surface area contributed by atoms with Gasteiger partial charge in [-0.25, -0.2) is 0 Å². The van der Waals surface area contributed by atoms with Crippen LogP contribution in [0.2, 0.25) is 0 Å². The molecule has 4 heterocycles. The summed E-state index contributed by atoms with van der Waals surface area (Å²) in [5.74, 6) is 0. The number of nitrogens with zero attached hydrogens (tertiary/aromatic N) is 3. The largest absolute Gasteiger partial charge is 0.455 e. The van der Waals surface area contributed by atoms with E-state index in [9.17, 15) is 0 Å². The molecule has 0 fully saturated rings. The van der Waals surface area contributed by atoms with E-state index in [-0.39, 0.29) is 0 Å². The Labute approximate surface area is 273 Å². The highest BCUT2D eigenvalue weighted by molar-refractivity contribution is 6.21. The van der Waals surface area contributed by atoms with Crippen molar-refractivity contribution in [2.75, 3.05) is 0 Å². The molecule has 0 bridgehead atoms. The smallest absolute Gasteiger partial charge is 0.307 e. The van der Waals surface area contributed by atoms with Gasteiger partial charge in [0.15, 0.2) is 5.58 Å². The van der Waals surface area contributed by atoms with Gasteiger partial charge in [-0.2, -0.15) is 4.98 Å². The van der Waals surface area contributed by atoms with E-state index in [2.05, 4.69) is 124 Å². The first-order valence-corrected chi connectivity index (χ1v) is 16.1. The minimum Gasteiger partial charge on any atom is -0.455 e. The molecule has 5 heteroatoms. The van der Waals surface area contributed by atoms with Gasteiger partial charge in [0.25, 0.3) is 0 Å². The molecule has 0 aliphatic carbocycles. The second kappa shape index (κ2) is 9.47. The molecule has 5 nitrogen and oxygen atoms in total. The molecule has 7 aromatic carbocycles. The van der Waals surface area contributed by atoms with Crippen molar-refractivity contribution in [1.82, 2.24) is 14.1 Å². The van der Waals surface area contributed by atoms with Crippen LogP contribution in [0.15, 0.2) is 160 Å². The molecule has 0 radical (unpaired) electrons. The number of benzene rings is 7. The molecule has 11 rings (SSSR count). The van der Waals surface area contributed by atoms with Gasteiger partial charge in [-0.1, -0.05) is 103 Å². The van der Waals surface area contributed by atoms with Gasteiger partial charge in [-0.15, -0.1) is 0 Å². The van der Waals surface area contributed by atoms with Crippen molar-refractivity contribution >= 4 is 76.6 Å². The zero-order chi connectivity index (χ0) is 31.3. The molecule has 0 saturated heterocycles. The van der Waals surface area contributed by atoms with Crippen LogP contribution in [-0.4, -0.2) is 14.1 Å². The molecule has 0 spiro atoms. The topological polar surface area (TPSA) is 49.0 Å². The Morgan fingerprint density at radius 1 is 0.438 bits per heavy atom. The molecule has 224 valence electrons. The van der Waals surface area contributed by atoms with Crippen LogP contribution in [0.3, 0.4) is 0 Å². The van der Waals surface area contributed by atoms with Crippen LogP contribution in [0, 0.1) is 0 Å². The van der Waals surface area contributed by atoms with Crippen LogP contribution >= 0.6 is 0 Å². The molecule has 0 N–H and O–H groups in total. The zero-order valence-electron chi connectivity index (χ0n) is 25.6. The highest BCUT2D eigenvalue weighted by atomic mass is 16.4. The van der Waals surface area contributed by atoms with Crippen LogP contribution in [0.5, 0.6) is 0 Å². The summed E-state index contributed by atoms with van der Waals surface area (Å²) in [5.41, 5.74) is 10.7. The monoisotopic (exact) mass is 615 g/mol. The summed E-state index contributed by atoms with van der Waals surface area (Å²) < 4.78 is 17.8. The van der Waals surface area contributed by atoms with Gasteiger partial charge in [0, 0.05) is 38.2 Å². The summed E-state index contributed by atoms with van der Waals surface area (Å²) in [5, 5.41) is 6.75. The van der Waals surface area contributed by atoms with E-state index in [1.165, 1.54) is 21.8 Å². The molecule has 0 saturated carbocycles. The van der Waals surface area contributed by atoms with E-state index < -0.39 is 0 Å². The fourth-order valence-corrected chi connectivity index (χ4v) is 7.70. The normalized spacial score (nSPS) is 12.2. The molecule has 0 amide bonds. The van der Waals surface area contributed by atoms with Crippen molar-refractivity contribution in [3.63, 3.8) is 0 Å². The number of hydrogen-bond donors (Lipinski definition) is 0. The Bertz CT molecular complexity index is 3010. The molecule has 48 heavy (non-hydrogen) atoms. The quantitative estimate of drug-likeness (QED) is 0.199. The highest BCUT2D eigenvalue weighted by Gasteiger charge is 2.23. The first-order valence-electron chi connectivity index (χ1n) is 16.1. The molecule has 11 aromatic rings. The summed E-state index contributed by atoms with van der Waals surface area (Å²) in [6.45, 7) is 0. The summed E-state index contributed by atoms with van der Waals surface area (Å²) in [7, 11) is 0. The van der Waals surface area contributed by atoms with Gasteiger partial charge in [0.1, 0.15) is 16.7 Å². The number of oxazole rings is 1. The lowest BCUT2D eigenvalue weighted by Crippen LogP contribution is -1.95. The third-order valence-corrected chi connectivity index (χ3v) is 9.76. The predicted octanol–water partition coefficient (Wildman–Crippen LogP) is 11.6. The Morgan fingerprint density at radius 2 is 1.02 bits per heavy atom. The number of aromatic nitrogens is 3. The average Bonchev–Trinajstić information content (AvgIpc) is 3.90. The van der Waals surface area contributed by atoms with E-state index in [4.69, 9.17) is 13.8 Å². The van der Waals surface area contributed by atoms with Gasteiger partial charge in [-0.3, -0.25) is 4.57 Å². The number of fused-ring (bicyclic) bond motifs is 11. The molecule has 0 aliphatic heterocycles. The maximum absolute atomic E-state index is 6.74. The maximum Gasteiger partial charge on any atom is 0.307 e. The standard InChI is InChI=1S/C43H25N3O2/c1-2-12-26(13-3-1)32-25-39-41(40-31-17-7-11-21-38(31)47-42(32)40)44-43(48-39)46-36-20-10-6-16-30(36)33-24-27(22-23-37(33)46)45-34-18-8-4-14-28(34)29-15-5-9-19-35(29)45/h1-25H. The van der Waals surface area contributed by atoms with Crippen molar-refractivity contribution in [2.45, 2.75) is 0 Å². The van der Waals surface area contributed by atoms with E-state index in [1.807, 2.05) is 36.4 Å². The average molecular weight is 616 g/mol. The van der Waals surface area contributed by atoms with Crippen molar-refractivity contribution in [2.24, 2.45) is 0 Å². The fraction of sp³-hybridized carbons (Fsp3) is 0. The predicted molar refractivity (Wildman–Crippen MR) is 195 cm³/mol. The van der Waals surface area contributed by atoms with Gasteiger partial charge in [-0.05, 0) is 54.1 Å². The lowest BCUT2D eigenvalue weighted by Gasteiger charge is -2.09. The minimum absolute atomic E-state index is 0.526. The zero-order valence-corrected chi connectivity index (χ0v) is 25.6. The van der Waals surface area contributed by atoms with Crippen molar-refractivity contribution in [3.05, 3.63) is 152 Å². The third kappa shape index (κ3) is 3.42.